The maximum atomic E-state index is 12.2. The van der Waals surface area contributed by atoms with Gasteiger partial charge in [0.25, 0.3) is 5.91 Å². The molecule has 0 atom stereocenters. The molecule has 1 aromatic rings. The molecular formula is C12H17ClN2O2. The van der Waals surface area contributed by atoms with Crippen molar-refractivity contribution in [2.24, 2.45) is 0 Å². The summed E-state index contributed by atoms with van der Waals surface area (Å²) in [7, 11) is 0. The van der Waals surface area contributed by atoms with Crippen LogP contribution in [-0.4, -0.2) is 35.6 Å². The number of carbonyl (C=O) groups is 1. The number of nitrogens with two attached hydrogens (primary N) is 1. The second-order valence-corrected chi connectivity index (χ2v) is 4.18. The minimum absolute atomic E-state index is 0.0633. The highest BCUT2D eigenvalue weighted by atomic mass is 35.5. The molecule has 0 aliphatic heterocycles. The van der Waals surface area contributed by atoms with Crippen molar-refractivity contribution in [3.05, 3.63) is 28.8 Å². The molecule has 5 heteroatoms. The van der Waals surface area contributed by atoms with Gasteiger partial charge in [0.15, 0.2) is 0 Å². The molecule has 0 aliphatic carbocycles. The standard InChI is InChI=1S/C12H17ClN2O2/c1-2-5-15(6-7-16)12(17)10-8-9(13)3-4-11(10)14/h3-4,8,16H,2,5-7,14H2,1H3. The maximum absolute atomic E-state index is 12.2. The van der Waals surface area contributed by atoms with Gasteiger partial charge in [-0.3, -0.25) is 4.79 Å². The maximum Gasteiger partial charge on any atom is 0.256 e. The van der Waals surface area contributed by atoms with Gasteiger partial charge >= 0.3 is 0 Å². The minimum atomic E-state index is -0.194. The van der Waals surface area contributed by atoms with E-state index in [-0.39, 0.29) is 12.5 Å². The number of nitrogens with zero attached hydrogens (tertiary/aromatic N) is 1. The molecule has 0 bridgehead atoms. The Bertz CT molecular complexity index is 390. The largest absolute Gasteiger partial charge is 0.398 e. The Morgan fingerprint density at radius 3 is 2.76 bits per heavy atom. The second-order valence-electron chi connectivity index (χ2n) is 3.75. The highest BCUT2D eigenvalue weighted by Crippen LogP contribution is 2.19. The van der Waals surface area contributed by atoms with E-state index in [1.165, 1.54) is 0 Å². The Kier molecular flexibility index (Phi) is 5.25. The van der Waals surface area contributed by atoms with Crippen molar-refractivity contribution in [3.63, 3.8) is 0 Å². The van der Waals surface area contributed by atoms with Crippen LogP contribution in [0.2, 0.25) is 5.02 Å². The van der Waals surface area contributed by atoms with E-state index in [0.717, 1.165) is 6.42 Å². The van der Waals surface area contributed by atoms with E-state index in [2.05, 4.69) is 0 Å². The van der Waals surface area contributed by atoms with Crippen LogP contribution in [0.1, 0.15) is 23.7 Å². The highest BCUT2D eigenvalue weighted by Gasteiger charge is 2.17. The fourth-order valence-corrected chi connectivity index (χ4v) is 1.76. The van der Waals surface area contributed by atoms with E-state index in [1.807, 2.05) is 6.92 Å². The number of nitrogen functional groups attached to an aromatic ring is 1. The summed E-state index contributed by atoms with van der Waals surface area (Å²) >= 11 is 5.84. The zero-order valence-electron chi connectivity index (χ0n) is 9.82. The third-order valence-corrected chi connectivity index (χ3v) is 2.63. The number of halogens is 1. The third-order valence-electron chi connectivity index (χ3n) is 2.40. The molecule has 1 amide bonds. The van der Waals surface area contributed by atoms with Gasteiger partial charge in [0, 0.05) is 23.8 Å². The van der Waals surface area contributed by atoms with Crippen LogP contribution in [-0.2, 0) is 0 Å². The summed E-state index contributed by atoms with van der Waals surface area (Å²) in [4.78, 5) is 13.7. The fourth-order valence-electron chi connectivity index (χ4n) is 1.59. The van der Waals surface area contributed by atoms with Crippen molar-refractivity contribution in [1.29, 1.82) is 0 Å². The molecule has 3 N–H and O–H groups in total. The minimum Gasteiger partial charge on any atom is -0.398 e. The van der Waals surface area contributed by atoms with Gasteiger partial charge < -0.3 is 15.7 Å². The van der Waals surface area contributed by atoms with Crippen molar-refractivity contribution in [2.75, 3.05) is 25.4 Å². The SMILES string of the molecule is CCCN(CCO)C(=O)c1cc(Cl)ccc1N. The summed E-state index contributed by atoms with van der Waals surface area (Å²) < 4.78 is 0. The first kappa shape index (κ1) is 13.8. The molecular weight excluding hydrogens is 240 g/mol. The van der Waals surface area contributed by atoms with Gasteiger partial charge in [0.2, 0.25) is 0 Å². The van der Waals surface area contributed by atoms with Crippen molar-refractivity contribution >= 4 is 23.2 Å². The molecule has 0 aromatic heterocycles. The molecule has 0 spiro atoms. The van der Waals surface area contributed by atoms with Crippen LogP contribution in [0.3, 0.4) is 0 Å². The Balaban J connectivity index is 2.95. The van der Waals surface area contributed by atoms with Crippen molar-refractivity contribution in [3.8, 4) is 0 Å². The molecule has 94 valence electrons. The average Bonchev–Trinajstić information content (AvgIpc) is 2.31. The van der Waals surface area contributed by atoms with Crippen LogP contribution in [0.5, 0.6) is 0 Å². The molecule has 1 rings (SSSR count). The molecule has 0 radical (unpaired) electrons. The summed E-state index contributed by atoms with van der Waals surface area (Å²) in [5.41, 5.74) is 6.54. The predicted molar refractivity (Wildman–Crippen MR) is 69.1 cm³/mol. The number of amides is 1. The molecule has 0 heterocycles. The van der Waals surface area contributed by atoms with Crippen LogP contribution in [0.25, 0.3) is 0 Å². The van der Waals surface area contributed by atoms with Crippen molar-refractivity contribution in [2.45, 2.75) is 13.3 Å². The lowest BCUT2D eigenvalue weighted by atomic mass is 10.1. The molecule has 0 saturated heterocycles. The van der Waals surface area contributed by atoms with Gasteiger partial charge in [-0.15, -0.1) is 0 Å². The average molecular weight is 257 g/mol. The first-order valence-corrected chi connectivity index (χ1v) is 5.93. The smallest absolute Gasteiger partial charge is 0.256 e. The quantitative estimate of drug-likeness (QED) is 0.789. The monoisotopic (exact) mass is 256 g/mol. The van der Waals surface area contributed by atoms with Gasteiger partial charge in [-0.25, -0.2) is 0 Å². The Morgan fingerprint density at radius 1 is 1.47 bits per heavy atom. The predicted octanol–water partition coefficient (Wildman–Crippen LogP) is 1.77. The van der Waals surface area contributed by atoms with E-state index < -0.39 is 0 Å². The van der Waals surface area contributed by atoms with Gasteiger partial charge in [-0.2, -0.15) is 0 Å². The number of carbonyl (C=O) groups excluding carboxylic acids is 1. The number of anilines is 1. The lowest BCUT2D eigenvalue weighted by molar-refractivity contribution is 0.0723. The first-order chi connectivity index (χ1) is 8.10. The lowest BCUT2D eigenvalue weighted by Gasteiger charge is -2.21. The molecule has 0 aliphatic rings. The zero-order valence-corrected chi connectivity index (χ0v) is 10.6. The normalized spacial score (nSPS) is 10.3. The van der Waals surface area contributed by atoms with E-state index in [0.29, 0.717) is 29.4 Å². The van der Waals surface area contributed by atoms with Crippen LogP contribution < -0.4 is 5.73 Å². The summed E-state index contributed by atoms with van der Waals surface area (Å²) in [6.07, 6.45) is 0.826. The van der Waals surface area contributed by atoms with Gasteiger partial charge in [-0.1, -0.05) is 18.5 Å². The highest BCUT2D eigenvalue weighted by molar-refractivity contribution is 6.31. The Morgan fingerprint density at radius 2 is 2.18 bits per heavy atom. The third kappa shape index (κ3) is 3.61. The molecule has 1 aromatic carbocycles. The molecule has 0 unspecified atom stereocenters. The van der Waals surface area contributed by atoms with Crippen LogP contribution in [0.4, 0.5) is 5.69 Å². The molecule has 17 heavy (non-hydrogen) atoms. The fraction of sp³-hybridized carbons (Fsp3) is 0.417. The number of aliphatic hydroxyl groups excluding tert-OH is 1. The lowest BCUT2D eigenvalue weighted by Crippen LogP contribution is -2.34. The van der Waals surface area contributed by atoms with Crippen LogP contribution in [0.15, 0.2) is 18.2 Å². The summed E-state index contributed by atoms with van der Waals surface area (Å²) in [5, 5.41) is 9.41. The molecule has 0 fully saturated rings. The molecule has 0 saturated carbocycles. The topological polar surface area (TPSA) is 66.6 Å². The zero-order chi connectivity index (χ0) is 12.8. The Hall–Kier alpha value is -1.26. The van der Waals surface area contributed by atoms with Crippen LogP contribution in [0, 0.1) is 0 Å². The number of aliphatic hydroxyl groups is 1. The summed E-state index contributed by atoms with van der Waals surface area (Å²) in [6, 6.07) is 4.81. The second kappa shape index (κ2) is 6.47. The van der Waals surface area contributed by atoms with Gasteiger partial charge in [-0.05, 0) is 24.6 Å². The number of hydrogen-bond donors (Lipinski definition) is 2. The number of rotatable bonds is 5. The number of hydrogen-bond acceptors (Lipinski definition) is 3. The first-order valence-electron chi connectivity index (χ1n) is 5.55. The van der Waals surface area contributed by atoms with Gasteiger partial charge in [0.1, 0.15) is 0 Å². The van der Waals surface area contributed by atoms with E-state index in [4.69, 9.17) is 22.4 Å². The summed E-state index contributed by atoms with van der Waals surface area (Å²) in [6.45, 7) is 2.80. The van der Waals surface area contributed by atoms with Crippen molar-refractivity contribution in [1.82, 2.24) is 4.90 Å². The summed E-state index contributed by atoms with van der Waals surface area (Å²) in [5.74, 6) is -0.194. The molecule has 4 nitrogen and oxygen atoms in total. The van der Waals surface area contributed by atoms with Crippen LogP contribution >= 0.6 is 11.6 Å². The Labute approximate surface area is 106 Å². The van der Waals surface area contributed by atoms with E-state index in [9.17, 15) is 4.79 Å². The van der Waals surface area contributed by atoms with E-state index >= 15 is 0 Å². The van der Waals surface area contributed by atoms with Crippen molar-refractivity contribution < 1.29 is 9.90 Å². The van der Waals surface area contributed by atoms with Gasteiger partial charge in [0.05, 0.1) is 12.2 Å². The number of benzene rings is 1. The van der Waals surface area contributed by atoms with E-state index in [1.54, 1.807) is 23.1 Å².